The van der Waals surface area contributed by atoms with Gasteiger partial charge in [0.05, 0.1) is 31.6 Å². The second-order valence-electron chi connectivity index (χ2n) is 8.68. The summed E-state index contributed by atoms with van der Waals surface area (Å²) in [6.45, 7) is 4.86. The molecule has 2 aliphatic heterocycles. The standard InChI is InChI=1S/C24H32N2O5/c1-15-18(24(28)31-21-12-17(29-2)11-20(30-3)23(15)21)13-22(27)25-14-16-7-6-10-26-9-5-4-8-19(16)26/h11-12,16,19H,4-10,13-14H2,1-3H3,(H,25,27)/t16-,19+/m0/s1. The van der Waals surface area contributed by atoms with Crippen molar-refractivity contribution in [3.63, 3.8) is 0 Å². The van der Waals surface area contributed by atoms with Crippen LogP contribution in [0.2, 0.25) is 0 Å². The van der Waals surface area contributed by atoms with Crippen molar-refractivity contribution in [3.8, 4) is 11.5 Å². The number of benzene rings is 1. The minimum Gasteiger partial charge on any atom is -0.496 e. The van der Waals surface area contributed by atoms with E-state index in [2.05, 4.69) is 10.2 Å². The molecule has 2 atom stereocenters. The number of ether oxygens (including phenoxy) is 2. The first-order chi connectivity index (χ1) is 15.0. The first-order valence-electron chi connectivity index (χ1n) is 11.2. The van der Waals surface area contributed by atoms with Gasteiger partial charge in [-0.3, -0.25) is 4.79 Å². The van der Waals surface area contributed by atoms with E-state index in [0.717, 1.165) is 6.42 Å². The molecule has 7 heteroatoms. The number of nitrogens with one attached hydrogen (secondary N) is 1. The molecule has 4 rings (SSSR count). The summed E-state index contributed by atoms with van der Waals surface area (Å²) in [6.07, 6.45) is 6.11. The number of rotatable bonds is 6. The quantitative estimate of drug-likeness (QED) is 0.713. The van der Waals surface area contributed by atoms with Gasteiger partial charge in [0.1, 0.15) is 17.1 Å². The van der Waals surface area contributed by atoms with E-state index in [1.807, 2.05) is 6.92 Å². The molecular formula is C24H32N2O5. The van der Waals surface area contributed by atoms with E-state index in [4.69, 9.17) is 13.9 Å². The van der Waals surface area contributed by atoms with Gasteiger partial charge in [0.15, 0.2) is 0 Å². The molecule has 0 bridgehead atoms. The van der Waals surface area contributed by atoms with Crippen LogP contribution in [-0.4, -0.2) is 50.7 Å². The van der Waals surface area contributed by atoms with Gasteiger partial charge in [0.25, 0.3) is 0 Å². The molecule has 0 spiro atoms. The predicted molar refractivity (Wildman–Crippen MR) is 119 cm³/mol. The van der Waals surface area contributed by atoms with Crippen molar-refractivity contribution in [2.75, 3.05) is 33.9 Å². The predicted octanol–water partition coefficient (Wildman–Crippen LogP) is 3.04. The number of amides is 1. The molecule has 2 saturated heterocycles. The van der Waals surface area contributed by atoms with Gasteiger partial charge in [-0.15, -0.1) is 0 Å². The summed E-state index contributed by atoms with van der Waals surface area (Å²) < 4.78 is 16.3. The largest absolute Gasteiger partial charge is 0.496 e. The summed E-state index contributed by atoms with van der Waals surface area (Å²) in [4.78, 5) is 28.0. The Bertz CT molecular complexity index is 1010. The second-order valence-corrected chi connectivity index (χ2v) is 8.68. The fraction of sp³-hybridized carbons (Fsp3) is 0.583. The third-order valence-electron chi connectivity index (χ3n) is 6.90. The number of aryl methyl sites for hydroxylation is 1. The second kappa shape index (κ2) is 9.30. The van der Waals surface area contributed by atoms with Gasteiger partial charge in [-0.25, -0.2) is 4.79 Å². The third-order valence-corrected chi connectivity index (χ3v) is 6.90. The third kappa shape index (κ3) is 4.42. The molecule has 2 aromatic rings. The summed E-state index contributed by atoms with van der Waals surface area (Å²) in [6, 6.07) is 3.99. The minimum absolute atomic E-state index is 0.000388. The summed E-state index contributed by atoms with van der Waals surface area (Å²) in [5.41, 5.74) is 0.975. The lowest BCUT2D eigenvalue weighted by molar-refractivity contribution is -0.120. The van der Waals surface area contributed by atoms with Crippen LogP contribution in [0.15, 0.2) is 21.3 Å². The van der Waals surface area contributed by atoms with Gasteiger partial charge < -0.3 is 24.1 Å². The zero-order valence-electron chi connectivity index (χ0n) is 18.7. The molecule has 7 nitrogen and oxygen atoms in total. The van der Waals surface area contributed by atoms with Crippen LogP contribution in [0.25, 0.3) is 11.0 Å². The molecule has 2 aliphatic rings. The highest BCUT2D eigenvalue weighted by Gasteiger charge is 2.33. The van der Waals surface area contributed by atoms with Crippen LogP contribution in [0.1, 0.15) is 43.2 Å². The molecule has 1 N–H and O–H groups in total. The Hall–Kier alpha value is -2.54. The van der Waals surface area contributed by atoms with E-state index in [-0.39, 0.29) is 12.3 Å². The summed E-state index contributed by atoms with van der Waals surface area (Å²) in [7, 11) is 3.10. The van der Waals surface area contributed by atoms with Crippen molar-refractivity contribution in [2.24, 2.45) is 5.92 Å². The van der Waals surface area contributed by atoms with Crippen LogP contribution in [0.4, 0.5) is 0 Å². The van der Waals surface area contributed by atoms with Crippen LogP contribution >= 0.6 is 0 Å². The van der Waals surface area contributed by atoms with E-state index in [9.17, 15) is 9.59 Å². The zero-order valence-corrected chi connectivity index (χ0v) is 18.7. The van der Waals surface area contributed by atoms with Gasteiger partial charge in [0.2, 0.25) is 5.91 Å². The lowest BCUT2D eigenvalue weighted by atomic mass is 9.83. The number of fused-ring (bicyclic) bond motifs is 2. The molecule has 1 aromatic carbocycles. The Morgan fingerprint density at radius 2 is 1.97 bits per heavy atom. The van der Waals surface area contributed by atoms with E-state index in [1.54, 1.807) is 26.4 Å². The average molecular weight is 429 g/mol. The maximum absolute atomic E-state index is 12.8. The highest BCUT2D eigenvalue weighted by atomic mass is 16.5. The first-order valence-corrected chi connectivity index (χ1v) is 11.2. The van der Waals surface area contributed by atoms with E-state index in [1.165, 1.54) is 38.8 Å². The monoisotopic (exact) mass is 428 g/mol. The molecule has 0 saturated carbocycles. The van der Waals surface area contributed by atoms with Crippen molar-refractivity contribution in [3.05, 3.63) is 33.7 Å². The zero-order chi connectivity index (χ0) is 22.0. The fourth-order valence-corrected chi connectivity index (χ4v) is 5.25. The molecule has 0 unspecified atom stereocenters. The molecule has 1 amide bonds. The number of hydrogen-bond donors (Lipinski definition) is 1. The fourth-order valence-electron chi connectivity index (χ4n) is 5.25. The maximum atomic E-state index is 12.8. The average Bonchev–Trinajstić information content (AvgIpc) is 2.79. The van der Waals surface area contributed by atoms with E-state index >= 15 is 0 Å². The van der Waals surface area contributed by atoms with Gasteiger partial charge >= 0.3 is 5.63 Å². The van der Waals surface area contributed by atoms with Crippen molar-refractivity contribution >= 4 is 16.9 Å². The van der Waals surface area contributed by atoms with Gasteiger partial charge in [-0.05, 0) is 57.2 Å². The van der Waals surface area contributed by atoms with Crippen molar-refractivity contribution < 1.29 is 18.7 Å². The highest BCUT2D eigenvalue weighted by Crippen LogP contribution is 2.34. The lowest BCUT2D eigenvalue weighted by Crippen LogP contribution is -2.51. The Labute approximate surface area is 182 Å². The van der Waals surface area contributed by atoms with Gasteiger partial charge in [-0.2, -0.15) is 0 Å². The Morgan fingerprint density at radius 1 is 1.16 bits per heavy atom. The van der Waals surface area contributed by atoms with Crippen molar-refractivity contribution in [2.45, 2.75) is 51.5 Å². The number of piperidine rings is 2. The Balaban J connectivity index is 1.50. The molecule has 168 valence electrons. The van der Waals surface area contributed by atoms with Crippen LogP contribution < -0.4 is 20.4 Å². The van der Waals surface area contributed by atoms with E-state index in [0.29, 0.717) is 52.1 Å². The molecule has 2 fully saturated rings. The number of carbonyl (C=O) groups is 1. The molecule has 3 heterocycles. The van der Waals surface area contributed by atoms with Crippen LogP contribution in [-0.2, 0) is 11.2 Å². The number of carbonyl (C=O) groups excluding carboxylic acids is 1. The number of methoxy groups -OCH3 is 2. The molecular weight excluding hydrogens is 396 g/mol. The van der Waals surface area contributed by atoms with Gasteiger partial charge in [-0.1, -0.05) is 6.42 Å². The van der Waals surface area contributed by atoms with Crippen LogP contribution in [0.5, 0.6) is 11.5 Å². The van der Waals surface area contributed by atoms with Crippen molar-refractivity contribution in [1.82, 2.24) is 10.2 Å². The Kier molecular flexibility index (Phi) is 6.51. The topological polar surface area (TPSA) is 81.0 Å². The summed E-state index contributed by atoms with van der Waals surface area (Å²) in [5.74, 6) is 1.44. The van der Waals surface area contributed by atoms with E-state index < -0.39 is 5.63 Å². The molecule has 1 aromatic heterocycles. The number of hydrogen-bond acceptors (Lipinski definition) is 6. The first kappa shape index (κ1) is 21.7. The van der Waals surface area contributed by atoms with Crippen LogP contribution in [0.3, 0.4) is 0 Å². The molecule has 0 radical (unpaired) electrons. The highest BCUT2D eigenvalue weighted by molar-refractivity contribution is 5.90. The summed E-state index contributed by atoms with van der Waals surface area (Å²) >= 11 is 0. The minimum atomic E-state index is -0.494. The normalized spacial score (nSPS) is 21.5. The Morgan fingerprint density at radius 3 is 2.74 bits per heavy atom. The van der Waals surface area contributed by atoms with Crippen molar-refractivity contribution in [1.29, 1.82) is 0 Å². The smallest absolute Gasteiger partial charge is 0.340 e. The SMILES string of the molecule is COc1cc(OC)c2c(C)c(CC(=O)NC[C@@H]3CCCN4CCCC[C@H]34)c(=O)oc2c1. The molecule has 0 aliphatic carbocycles. The molecule has 31 heavy (non-hydrogen) atoms. The van der Waals surface area contributed by atoms with Crippen LogP contribution in [0, 0.1) is 12.8 Å². The summed E-state index contributed by atoms with van der Waals surface area (Å²) in [5, 5.41) is 3.78. The number of nitrogens with zero attached hydrogens (tertiary/aromatic N) is 1. The maximum Gasteiger partial charge on any atom is 0.340 e. The lowest BCUT2D eigenvalue weighted by Gasteiger charge is -2.44. The van der Waals surface area contributed by atoms with Gasteiger partial charge in [0, 0.05) is 24.7 Å².